The van der Waals surface area contributed by atoms with Gasteiger partial charge in [-0.2, -0.15) is 5.10 Å². The maximum Gasteiger partial charge on any atom is 0.267 e. The standard InChI is InChI=1S/C27H39N3O/c1-26(2)21-14-15-27(26,3)24(16-21)28-25(31)22-17-23(20-12-8-5-9-13-20)30(29-22)18-19-10-6-4-7-11-19/h5,8-9,12-13,19,21,23-24H,4,6-7,10-11,14-18H2,1-3H3,(H,28,31)/t21-,23?,24-,27-/m0/s1. The minimum Gasteiger partial charge on any atom is -0.348 e. The molecule has 168 valence electrons. The SMILES string of the molecule is CC1(C)[C@H]2CC[C@@]1(C)[C@@H](NC(=O)C1=NN(CC3CCCCC3)C(c3ccccc3)C1)C2. The van der Waals surface area contributed by atoms with Crippen molar-refractivity contribution in [2.45, 2.75) is 90.6 Å². The van der Waals surface area contributed by atoms with Crippen molar-refractivity contribution in [1.29, 1.82) is 0 Å². The van der Waals surface area contributed by atoms with Crippen molar-refractivity contribution >= 4 is 11.6 Å². The van der Waals surface area contributed by atoms with Crippen LogP contribution in [0, 0.1) is 22.7 Å². The van der Waals surface area contributed by atoms with Crippen LogP contribution in [0.5, 0.6) is 0 Å². The number of carbonyl (C=O) groups is 1. The lowest BCUT2D eigenvalue weighted by Crippen LogP contribution is -2.48. The smallest absolute Gasteiger partial charge is 0.267 e. The quantitative estimate of drug-likeness (QED) is 0.663. The lowest BCUT2D eigenvalue weighted by molar-refractivity contribution is -0.116. The van der Waals surface area contributed by atoms with Gasteiger partial charge in [0.15, 0.2) is 0 Å². The van der Waals surface area contributed by atoms with Crippen LogP contribution in [0.1, 0.15) is 90.2 Å². The first-order valence-electron chi connectivity index (χ1n) is 12.6. The molecule has 1 aromatic rings. The summed E-state index contributed by atoms with van der Waals surface area (Å²) >= 11 is 0. The molecule has 4 atom stereocenters. The largest absolute Gasteiger partial charge is 0.348 e. The number of carbonyl (C=O) groups excluding carboxylic acids is 1. The van der Waals surface area contributed by atoms with Gasteiger partial charge in [0.25, 0.3) is 5.91 Å². The monoisotopic (exact) mass is 421 g/mol. The van der Waals surface area contributed by atoms with E-state index in [4.69, 9.17) is 5.10 Å². The lowest BCUT2D eigenvalue weighted by Gasteiger charge is -2.39. The highest BCUT2D eigenvalue weighted by Gasteiger charge is 2.61. The van der Waals surface area contributed by atoms with Crippen LogP contribution in [0.2, 0.25) is 0 Å². The van der Waals surface area contributed by atoms with Crippen molar-refractivity contribution in [2.24, 2.45) is 27.8 Å². The molecule has 0 radical (unpaired) electrons. The zero-order valence-corrected chi connectivity index (χ0v) is 19.6. The summed E-state index contributed by atoms with van der Waals surface area (Å²) in [6, 6.07) is 11.1. The molecule has 3 aliphatic carbocycles. The number of hydrazone groups is 1. The molecule has 5 rings (SSSR count). The highest BCUT2D eigenvalue weighted by molar-refractivity contribution is 6.39. The van der Waals surface area contributed by atoms with E-state index in [2.05, 4.69) is 61.4 Å². The molecule has 0 aromatic heterocycles. The van der Waals surface area contributed by atoms with E-state index in [0.29, 0.717) is 11.3 Å². The topological polar surface area (TPSA) is 44.7 Å². The van der Waals surface area contributed by atoms with Crippen molar-refractivity contribution in [2.75, 3.05) is 6.54 Å². The van der Waals surface area contributed by atoms with E-state index < -0.39 is 0 Å². The summed E-state index contributed by atoms with van der Waals surface area (Å²) in [6.07, 6.45) is 11.0. The van der Waals surface area contributed by atoms with E-state index in [9.17, 15) is 4.79 Å². The van der Waals surface area contributed by atoms with Gasteiger partial charge in [-0.15, -0.1) is 0 Å². The van der Waals surface area contributed by atoms with Crippen LogP contribution in [0.15, 0.2) is 35.4 Å². The van der Waals surface area contributed by atoms with Gasteiger partial charge < -0.3 is 5.32 Å². The maximum atomic E-state index is 13.4. The van der Waals surface area contributed by atoms with Gasteiger partial charge in [-0.05, 0) is 60.3 Å². The molecule has 0 saturated heterocycles. The summed E-state index contributed by atoms with van der Waals surface area (Å²) in [5.74, 6) is 1.51. The minimum absolute atomic E-state index is 0.0710. The van der Waals surface area contributed by atoms with E-state index in [0.717, 1.165) is 31.0 Å². The van der Waals surface area contributed by atoms with E-state index in [1.165, 1.54) is 50.5 Å². The molecule has 1 aliphatic heterocycles. The first-order chi connectivity index (χ1) is 14.9. The molecule has 2 bridgehead atoms. The first-order valence-corrected chi connectivity index (χ1v) is 12.6. The van der Waals surface area contributed by atoms with Crippen LogP contribution in [0.4, 0.5) is 0 Å². The van der Waals surface area contributed by atoms with Crippen LogP contribution >= 0.6 is 0 Å². The Bertz CT molecular complexity index is 841. The summed E-state index contributed by atoms with van der Waals surface area (Å²) in [6.45, 7) is 8.18. The second kappa shape index (κ2) is 7.94. The first kappa shape index (κ1) is 21.0. The average molecular weight is 422 g/mol. The number of amides is 1. The summed E-state index contributed by atoms with van der Waals surface area (Å²) < 4.78 is 0. The number of nitrogens with zero attached hydrogens (tertiary/aromatic N) is 2. The van der Waals surface area contributed by atoms with Gasteiger partial charge in [0.1, 0.15) is 5.71 Å². The van der Waals surface area contributed by atoms with Gasteiger partial charge >= 0.3 is 0 Å². The number of nitrogens with one attached hydrogen (secondary N) is 1. The molecule has 1 N–H and O–H groups in total. The molecule has 1 unspecified atom stereocenters. The normalized spacial score (nSPS) is 34.7. The zero-order valence-electron chi connectivity index (χ0n) is 19.6. The van der Waals surface area contributed by atoms with E-state index in [1.807, 2.05) is 0 Å². The summed E-state index contributed by atoms with van der Waals surface area (Å²) in [5.41, 5.74) is 2.52. The van der Waals surface area contributed by atoms with Crippen molar-refractivity contribution in [3.8, 4) is 0 Å². The Kier molecular flexibility index (Phi) is 5.38. The average Bonchev–Trinajstić information content (AvgIpc) is 3.35. The Balaban J connectivity index is 1.32. The molecule has 3 saturated carbocycles. The Morgan fingerprint density at radius 2 is 1.84 bits per heavy atom. The van der Waals surface area contributed by atoms with Crippen LogP contribution in [-0.4, -0.2) is 29.2 Å². The van der Waals surface area contributed by atoms with Gasteiger partial charge in [0.2, 0.25) is 0 Å². The number of hydrogen-bond donors (Lipinski definition) is 1. The third kappa shape index (κ3) is 3.60. The second-order valence-corrected chi connectivity index (χ2v) is 11.4. The van der Waals surface area contributed by atoms with Gasteiger partial charge in [-0.3, -0.25) is 9.80 Å². The summed E-state index contributed by atoms with van der Waals surface area (Å²) in [7, 11) is 0. The van der Waals surface area contributed by atoms with Gasteiger partial charge in [0, 0.05) is 19.0 Å². The van der Waals surface area contributed by atoms with Crippen molar-refractivity contribution in [1.82, 2.24) is 10.3 Å². The number of rotatable bonds is 5. The highest BCUT2D eigenvalue weighted by atomic mass is 16.2. The number of hydrogen-bond acceptors (Lipinski definition) is 3. The maximum absolute atomic E-state index is 13.4. The minimum atomic E-state index is 0.0710. The predicted octanol–water partition coefficient (Wildman–Crippen LogP) is 5.70. The summed E-state index contributed by atoms with van der Waals surface area (Å²) in [5, 5.41) is 10.6. The fourth-order valence-corrected chi connectivity index (χ4v) is 7.12. The molecule has 3 fully saturated rings. The van der Waals surface area contributed by atoms with Crippen LogP contribution in [0.25, 0.3) is 0 Å². The third-order valence-corrected chi connectivity index (χ3v) is 9.71. The number of benzene rings is 1. The Labute approximate surface area is 187 Å². The van der Waals surface area contributed by atoms with Gasteiger partial charge in [-0.1, -0.05) is 70.4 Å². The highest BCUT2D eigenvalue weighted by Crippen LogP contribution is 2.65. The Hall–Kier alpha value is -1.84. The van der Waals surface area contributed by atoms with E-state index in [-0.39, 0.29) is 23.4 Å². The van der Waals surface area contributed by atoms with Crippen molar-refractivity contribution in [3.05, 3.63) is 35.9 Å². The molecule has 31 heavy (non-hydrogen) atoms. The van der Waals surface area contributed by atoms with E-state index in [1.54, 1.807) is 0 Å². The summed E-state index contributed by atoms with van der Waals surface area (Å²) in [4.78, 5) is 13.4. The molecule has 0 spiro atoms. The van der Waals surface area contributed by atoms with Gasteiger partial charge in [-0.25, -0.2) is 0 Å². The Morgan fingerprint density at radius 3 is 2.48 bits per heavy atom. The third-order valence-electron chi connectivity index (χ3n) is 9.71. The molecular formula is C27H39N3O. The number of fused-ring (bicyclic) bond motifs is 2. The zero-order chi connectivity index (χ0) is 21.6. The van der Waals surface area contributed by atoms with E-state index >= 15 is 0 Å². The van der Waals surface area contributed by atoms with Crippen molar-refractivity contribution in [3.63, 3.8) is 0 Å². The molecular weight excluding hydrogens is 382 g/mol. The molecule has 4 aliphatic rings. The predicted molar refractivity (Wildman–Crippen MR) is 126 cm³/mol. The fraction of sp³-hybridized carbons (Fsp3) is 0.704. The fourth-order valence-electron chi connectivity index (χ4n) is 7.12. The molecule has 1 aromatic carbocycles. The van der Waals surface area contributed by atoms with Gasteiger partial charge in [0.05, 0.1) is 6.04 Å². The van der Waals surface area contributed by atoms with Crippen LogP contribution in [0.3, 0.4) is 0 Å². The Morgan fingerprint density at radius 1 is 1.10 bits per heavy atom. The molecule has 1 heterocycles. The molecule has 1 amide bonds. The molecule has 4 nitrogen and oxygen atoms in total. The molecule has 4 heteroatoms. The van der Waals surface area contributed by atoms with Crippen LogP contribution in [-0.2, 0) is 4.79 Å². The van der Waals surface area contributed by atoms with Crippen molar-refractivity contribution < 1.29 is 4.79 Å². The van der Waals surface area contributed by atoms with Crippen LogP contribution < -0.4 is 5.32 Å². The second-order valence-electron chi connectivity index (χ2n) is 11.4. The lowest BCUT2D eigenvalue weighted by atomic mass is 9.69.